The minimum absolute atomic E-state index is 0.504. The second-order valence-electron chi connectivity index (χ2n) is 4.54. The molecule has 0 N–H and O–H groups in total. The number of likely N-dealkylation sites (N-methyl/N-ethyl adjacent to an activating group) is 1. The Morgan fingerprint density at radius 2 is 1.75 bits per heavy atom. The second-order valence-corrected chi connectivity index (χ2v) is 5.39. The Morgan fingerprint density at radius 1 is 1.12 bits per heavy atom. The number of hydrogen-bond donors (Lipinski definition) is 0. The lowest BCUT2D eigenvalue weighted by molar-refractivity contribution is 0.119. The van der Waals surface area contributed by atoms with E-state index in [0.29, 0.717) is 6.04 Å². The molecule has 0 radical (unpaired) electrons. The average Bonchev–Trinajstić information content (AvgIpc) is 2.30. The molecule has 0 saturated carbocycles. The van der Waals surface area contributed by atoms with Gasteiger partial charge in [-0.15, -0.1) is 0 Å². The third-order valence-corrected chi connectivity index (χ3v) is 4.16. The summed E-state index contributed by atoms with van der Waals surface area (Å²) in [5.41, 5.74) is 1.40. The van der Waals surface area contributed by atoms with E-state index >= 15 is 0 Å². The topological polar surface area (TPSA) is 6.48 Å². The van der Waals surface area contributed by atoms with Crippen molar-refractivity contribution < 1.29 is 0 Å². The van der Waals surface area contributed by atoms with Gasteiger partial charge in [-0.25, -0.2) is 0 Å². The highest BCUT2D eigenvalue weighted by Crippen LogP contribution is 2.27. The molecule has 1 unspecified atom stereocenters. The maximum atomic E-state index is 3.64. The lowest BCUT2D eigenvalue weighted by Crippen LogP contribution is -2.45. The highest BCUT2D eigenvalue weighted by molar-refractivity contribution is 9.10. The van der Waals surface area contributed by atoms with E-state index in [1.165, 1.54) is 36.2 Å². The molecule has 0 bridgehead atoms. The van der Waals surface area contributed by atoms with Gasteiger partial charge in [0.25, 0.3) is 0 Å². The summed E-state index contributed by atoms with van der Waals surface area (Å²) >= 11 is 3.64. The molecule has 2 rings (SSSR count). The monoisotopic (exact) mass is 282 g/mol. The Morgan fingerprint density at radius 3 is 2.38 bits per heavy atom. The largest absolute Gasteiger partial charge is 0.304 e. The first-order valence-electron chi connectivity index (χ1n) is 5.85. The van der Waals surface area contributed by atoms with E-state index in [0.717, 1.165) is 0 Å². The number of hydrogen-bond acceptors (Lipinski definition) is 2. The van der Waals surface area contributed by atoms with Crippen molar-refractivity contribution in [2.45, 2.75) is 13.0 Å². The number of nitrogens with zero attached hydrogens (tertiary/aromatic N) is 2. The molecular weight excluding hydrogens is 264 g/mol. The van der Waals surface area contributed by atoms with E-state index in [4.69, 9.17) is 0 Å². The lowest BCUT2D eigenvalue weighted by atomic mass is 10.1. The van der Waals surface area contributed by atoms with Gasteiger partial charge in [-0.1, -0.05) is 34.1 Å². The van der Waals surface area contributed by atoms with Crippen LogP contribution in [-0.4, -0.2) is 43.0 Å². The molecule has 1 aliphatic heterocycles. The normalized spacial score (nSPS) is 20.9. The Kier molecular flexibility index (Phi) is 4.00. The van der Waals surface area contributed by atoms with Crippen LogP contribution in [0.1, 0.15) is 18.5 Å². The third-order valence-electron chi connectivity index (χ3n) is 3.44. The molecule has 0 aliphatic carbocycles. The van der Waals surface area contributed by atoms with Crippen LogP contribution in [0.4, 0.5) is 0 Å². The Bertz CT molecular complexity index is 346. The van der Waals surface area contributed by atoms with Gasteiger partial charge < -0.3 is 4.90 Å². The van der Waals surface area contributed by atoms with Crippen LogP contribution in [-0.2, 0) is 0 Å². The molecule has 1 aromatic carbocycles. The van der Waals surface area contributed by atoms with Crippen LogP contribution in [0.3, 0.4) is 0 Å². The van der Waals surface area contributed by atoms with Gasteiger partial charge >= 0.3 is 0 Å². The van der Waals surface area contributed by atoms with Crippen molar-refractivity contribution in [2.24, 2.45) is 0 Å². The Balaban J connectivity index is 2.07. The zero-order chi connectivity index (χ0) is 11.5. The van der Waals surface area contributed by atoms with Crippen LogP contribution in [0, 0.1) is 0 Å². The third kappa shape index (κ3) is 2.65. The zero-order valence-electron chi connectivity index (χ0n) is 9.99. The summed E-state index contributed by atoms with van der Waals surface area (Å²) in [5.74, 6) is 0. The molecule has 1 fully saturated rings. The molecule has 3 heteroatoms. The number of halogens is 1. The summed E-state index contributed by atoms with van der Waals surface area (Å²) in [6.45, 7) is 6.98. The van der Waals surface area contributed by atoms with Gasteiger partial charge in [0.2, 0.25) is 0 Å². The van der Waals surface area contributed by atoms with E-state index in [1.807, 2.05) is 0 Å². The van der Waals surface area contributed by atoms with Crippen LogP contribution in [0.15, 0.2) is 28.7 Å². The zero-order valence-corrected chi connectivity index (χ0v) is 11.6. The molecule has 1 heterocycles. The number of rotatable bonds is 2. The smallest absolute Gasteiger partial charge is 0.0332 e. The molecule has 1 atom stereocenters. The molecule has 2 nitrogen and oxygen atoms in total. The second kappa shape index (κ2) is 5.30. The maximum Gasteiger partial charge on any atom is 0.0332 e. The first kappa shape index (κ1) is 12.1. The first-order chi connectivity index (χ1) is 7.68. The minimum Gasteiger partial charge on any atom is -0.304 e. The average molecular weight is 283 g/mol. The molecular formula is C13H19BrN2. The summed E-state index contributed by atoms with van der Waals surface area (Å²) < 4.78 is 1.22. The fourth-order valence-corrected chi connectivity index (χ4v) is 2.84. The fraction of sp³-hybridized carbons (Fsp3) is 0.538. The van der Waals surface area contributed by atoms with Crippen molar-refractivity contribution in [3.05, 3.63) is 34.3 Å². The molecule has 1 aromatic rings. The molecule has 0 amide bonds. The van der Waals surface area contributed by atoms with Crippen LogP contribution in [0.2, 0.25) is 0 Å². The van der Waals surface area contributed by atoms with Crippen molar-refractivity contribution in [1.29, 1.82) is 0 Å². The van der Waals surface area contributed by atoms with Gasteiger partial charge in [0.15, 0.2) is 0 Å². The van der Waals surface area contributed by atoms with Crippen molar-refractivity contribution >= 4 is 15.9 Å². The SMILES string of the molecule is CC(c1ccccc1Br)N1CCN(C)CC1. The van der Waals surface area contributed by atoms with E-state index in [-0.39, 0.29) is 0 Å². The quantitative estimate of drug-likeness (QED) is 0.823. The summed E-state index contributed by atoms with van der Waals surface area (Å²) in [5, 5.41) is 0. The van der Waals surface area contributed by atoms with Crippen LogP contribution in [0.25, 0.3) is 0 Å². The van der Waals surface area contributed by atoms with Crippen LogP contribution in [0.5, 0.6) is 0 Å². The lowest BCUT2D eigenvalue weighted by Gasteiger charge is -2.36. The predicted octanol–water partition coefficient (Wildman–Crippen LogP) is 2.76. The van der Waals surface area contributed by atoms with Crippen molar-refractivity contribution in [2.75, 3.05) is 33.2 Å². The summed E-state index contributed by atoms with van der Waals surface area (Å²) in [6.07, 6.45) is 0. The molecule has 0 spiro atoms. The van der Waals surface area contributed by atoms with Crippen molar-refractivity contribution in [3.8, 4) is 0 Å². The van der Waals surface area contributed by atoms with Crippen LogP contribution >= 0.6 is 15.9 Å². The number of piperazine rings is 1. The van der Waals surface area contributed by atoms with Gasteiger partial charge in [-0.2, -0.15) is 0 Å². The predicted molar refractivity (Wildman–Crippen MR) is 71.6 cm³/mol. The fourth-order valence-electron chi connectivity index (χ4n) is 2.22. The van der Waals surface area contributed by atoms with Crippen molar-refractivity contribution in [1.82, 2.24) is 9.80 Å². The minimum atomic E-state index is 0.504. The Labute approximate surface area is 106 Å². The van der Waals surface area contributed by atoms with Gasteiger partial charge in [0.05, 0.1) is 0 Å². The van der Waals surface area contributed by atoms with E-state index in [1.54, 1.807) is 0 Å². The van der Waals surface area contributed by atoms with Crippen molar-refractivity contribution in [3.63, 3.8) is 0 Å². The van der Waals surface area contributed by atoms with Crippen LogP contribution < -0.4 is 0 Å². The Hall–Kier alpha value is -0.380. The van der Waals surface area contributed by atoms with E-state index in [9.17, 15) is 0 Å². The standard InChI is InChI=1S/C13H19BrN2/c1-11(12-5-3-4-6-13(12)14)16-9-7-15(2)8-10-16/h3-6,11H,7-10H2,1-2H3. The van der Waals surface area contributed by atoms with Gasteiger partial charge in [-0.05, 0) is 25.6 Å². The highest BCUT2D eigenvalue weighted by Gasteiger charge is 2.21. The summed E-state index contributed by atoms with van der Waals surface area (Å²) in [6, 6.07) is 9.04. The highest BCUT2D eigenvalue weighted by atomic mass is 79.9. The molecule has 1 aliphatic rings. The van der Waals surface area contributed by atoms with E-state index < -0.39 is 0 Å². The first-order valence-corrected chi connectivity index (χ1v) is 6.65. The van der Waals surface area contributed by atoms with E-state index in [2.05, 4.69) is 64.0 Å². The van der Waals surface area contributed by atoms with Gasteiger partial charge in [0.1, 0.15) is 0 Å². The molecule has 88 valence electrons. The summed E-state index contributed by atoms with van der Waals surface area (Å²) in [7, 11) is 2.19. The molecule has 0 aromatic heterocycles. The summed E-state index contributed by atoms with van der Waals surface area (Å²) in [4.78, 5) is 4.95. The molecule has 1 saturated heterocycles. The van der Waals surface area contributed by atoms with Gasteiger partial charge in [-0.3, -0.25) is 4.90 Å². The molecule has 16 heavy (non-hydrogen) atoms. The number of benzene rings is 1. The maximum absolute atomic E-state index is 3.64. The van der Waals surface area contributed by atoms with Gasteiger partial charge in [0, 0.05) is 36.7 Å².